The second-order valence-electron chi connectivity index (χ2n) is 2.79. The van der Waals surface area contributed by atoms with E-state index < -0.39 is 11.6 Å². The molecule has 3 nitrogen and oxygen atoms in total. The quantitative estimate of drug-likeness (QED) is 0.618. The standard InChI is InChI=1S/C9H7BrFNO2/c1-5(13)2-8(14)9-7(11)3-6(10)4-12-9/h3-4H,2H2,1H3. The van der Waals surface area contributed by atoms with Crippen molar-refractivity contribution in [3.8, 4) is 0 Å². The van der Waals surface area contributed by atoms with Crippen LogP contribution in [0.4, 0.5) is 4.39 Å². The number of rotatable bonds is 3. The molecule has 1 aromatic rings. The van der Waals surface area contributed by atoms with Crippen molar-refractivity contribution in [1.29, 1.82) is 0 Å². The lowest BCUT2D eigenvalue weighted by molar-refractivity contribution is -0.116. The summed E-state index contributed by atoms with van der Waals surface area (Å²) in [6.45, 7) is 1.27. The Morgan fingerprint density at radius 1 is 1.57 bits per heavy atom. The van der Waals surface area contributed by atoms with E-state index in [4.69, 9.17) is 0 Å². The molecule has 0 fully saturated rings. The van der Waals surface area contributed by atoms with Gasteiger partial charge in [0, 0.05) is 10.7 Å². The van der Waals surface area contributed by atoms with E-state index in [1.165, 1.54) is 13.1 Å². The Labute approximate surface area is 88.5 Å². The van der Waals surface area contributed by atoms with E-state index in [9.17, 15) is 14.0 Å². The van der Waals surface area contributed by atoms with Crippen molar-refractivity contribution in [2.75, 3.05) is 0 Å². The van der Waals surface area contributed by atoms with Gasteiger partial charge in [0.05, 0.1) is 6.42 Å². The van der Waals surface area contributed by atoms with Crippen molar-refractivity contribution >= 4 is 27.5 Å². The first-order valence-corrected chi connectivity index (χ1v) is 4.63. The van der Waals surface area contributed by atoms with Crippen molar-refractivity contribution in [1.82, 2.24) is 4.98 Å². The van der Waals surface area contributed by atoms with Gasteiger partial charge in [-0.15, -0.1) is 0 Å². The maximum absolute atomic E-state index is 13.1. The molecule has 0 unspecified atom stereocenters. The molecule has 74 valence electrons. The molecule has 0 spiro atoms. The molecule has 1 aromatic heterocycles. The molecular weight excluding hydrogens is 253 g/mol. The predicted octanol–water partition coefficient (Wildman–Crippen LogP) is 2.15. The lowest BCUT2D eigenvalue weighted by Gasteiger charge is -1.99. The molecule has 0 bridgehead atoms. The molecule has 0 aliphatic heterocycles. The molecule has 0 aliphatic rings. The first-order valence-electron chi connectivity index (χ1n) is 3.84. The average Bonchev–Trinajstić information content (AvgIpc) is 2.01. The topological polar surface area (TPSA) is 47.0 Å². The number of aromatic nitrogens is 1. The van der Waals surface area contributed by atoms with E-state index in [1.54, 1.807) is 0 Å². The number of hydrogen-bond donors (Lipinski definition) is 0. The normalized spacial score (nSPS) is 9.93. The van der Waals surface area contributed by atoms with Crippen molar-refractivity contribution in [3.05, 3.63) is 28.2 Å². The third kappa shape index (κ3) is 2.70. The minimum Gasteiger partial charge on any atom is -0.300 e. The van der Waals surface area contributed by atoms with Gasteiger partial charge in [-0.3, -0.25) is 9.59 Å². The van der Waals surface area contributed by atoms with Gasteiger partial charge in [-0.25, -0.2) is 9.37 Å². The minimum atomic E-state index is -0.717. The monoisotopic (exact) mass is 259 g/mol. The van der Waals surface area contributed by atoms with Gasteiger partial charge in [-0.2, -0.15) is 0 Å². The highest BCUT2D eigenvalue weighted by Crippen LogP contribution is 2.13. The first-order chi connectivity index (χ1) is 6.50. The van der Waals surface area contributed by atoms with Crippen LogP contribution in [0, 0.1) is 5.82 Å². The lowest BCUT2D eigenvalue weighted by atomic mass is 10.1. The van der Waals surface area contributed by atoms with Crippen LogP contribution in [0.5, 0.6) is 0 Å². The van der Waals surface area contributed by atoms with Crippen LogP contribution in [-0.4, -0.2) is 16.6 Å². The maximum Gasteiger partial charge on any atom is 0.191 e. The summed E-state index contributed by atoms with van der Waals surface area (Å²) in [6.07, 6.45) is 1.00. The van der Waals surface area contributed by atoms with Gasteiger partial charge < -0.3 is 0 Å². The number of hydrogen-bond acceptors (Lipinski definition) is 3. The maximum atomic E-state index is 13.1. The Balaban J connectivity index is 2.96. The number of nitrogens with zero attached hydrogens (tertiary/aromatic N) is 1. The van der Waals surface area contributed by atoms with E-state index in [0.717, 1.165) is 6.07 Å². The third-order valence-corrected chi connectivity index (χ3v) is 1.92. The fourth-order valence-electron chi connectivity index (χ4n) is 0.930. The number of halogens is 2. The van der Waals surface area contributed by atoms with E-state index >= 15 is 0 Å². The second-order valence-corrected chi connectivity index (χ2v) is 3.70. The molecule has 0 N–H and O–H groups in total. The van der Waals surface area contributed by atoms with E-state index in [-0.39, 0.29) is 17.9 Å². The van der Waals surface area contributed by atoms with E-state index in [2.05, 4.69) is 20.9 Å². The van der Waals surface area contributed by atoms with Gasteiger partial charge >= 0.3 is 0 Å². The van der Waals surface area contributed by atoms with Crippen LogP contribution in [0.25, 0.3) is 0 Å². The van der Waals surface area contributed by atoms with Gasteiger partial charge in [0.15, 0.2) is 11.6 Å². The number of ketones is 2. The summed E-state index contributed by atoms with van der Waals surface area (Å²) >= 11 is 3.02. The van der Waals surface area contributed by atoms with Crippen molar-refractivity contribution in [3.63, 3.8) is 0 Å². The van der Waals surface area contributed by atoms with Crippen LogP contribution in [0.2, 0.25) is 0 Å². The minimum absolute atomic E-state index is 0.289. The lowest BCUT2D eigenvalue weighted by Crippen LogP contribution is -2.09. The van der Waals surface area contributed by atoms with Crippen LogP contribution in [0.3, 0.4) is 0 Å². The molecule has 0 saturated carbocycles. The summed E-state index contributed by atoms with van der Waals surface area (Å²) in [6, 6.07) is 1.14. The van der Waals surface area contributed by atoms with Crippen LogP contribution in [0.15, 0.2) is 16.7 Å². The molecule has 14 heavy (non-hydrogen) atoms. The molecule has 0 radical (unpaired) electrons. The Bertz CT molecular complexity index is 392. The Morgan fingerprint density at radius 3 is 2.71 bits per heavy atom. The smallest absolute Gasteiger partial charge is 0.191 e. The average molecular weight is 260 g/mol. The van der Waals surface area contributed by atoms with Gasteiger partial charge in [0.2, 0.25) is 0 Å². The van der Waals surface area contributed by atoms with Crippen LogP contribution in [0.1, 0.15) is 23.8 Å². The van der Waals surface area contributed by atoms with Gasteiger partial charge in [-0.1, -0.05) is 0 Å². The molecule has 5 heteroatoms. The van der Waals surface area contributed by atoms with Gasteiger partial charge in [0.25, 0.3) is 0 Å². The Kier molecular flexibility index (Phi) is 3.46. The molecule has 0 atom stereocenters. The fraction of sp³-hybridized carbons (Fsp3) is 0.222. The van der Waals surface area contributed by atoms with E-state index in [0.29, 0.717) is 4.47 Å². The number of Topliss-reactive ketones (excluding diaryl/α,β-unsaturated/α-hetero) is 2. The van der Waals surface area contributed by atoms with Gasteiger partial charge in [0.1, 0.15) is 11.5 Å². The summed E-state index contributed by atoms with van der Waals surface area (Å²) in [7, 11) is 0. The molecule has 0 aromatic carbocycles. The zero-order valence-electron chi connectivity index (χ0n) is 7.38. The molecular formula is C9H7BrFNO2. The number of carbonyl (C=O) groups is 2. The predicted molar refractivity (Wildman–Crippen MR) is 51.5 cm³/mol. The van der Waals surface area contributed by atoms with Crippen molar-refractivity contribution < 1.29 is 14.0 Å². The summed E-state index contributed by atoms with van der Waals surface area (Å²) in [4.78, 5) is 25.5. The third-order valence-electron chi connectivity index (χ3n) is 1.48. The summed E-state index contributed by atoms with van der Waals surface area (Å²) in [5.74, 6) is -1.62. The van der Waals surface area contributed by atoms with Crippen LogP contribution in [-0.2, 0) is 4.79 Å². The van der Waals surface area contributed by atoms with E-state index in [1.807, 2.05) is 0 Å². The number of pyridine rings is 1. The highest BCUT2D eigenvalue weighted by molar-refractivity contribution is 9.10. The summed E-state index contributed by atoms with van der Waals surface area (Å²) < 4.78 is 13.6. The SMILES string of the molecule is CC(=O)CC(=O)c1ncc(Br)cc1F. The zero-order chi connectivity index (χ0) is 10.7. The molecule has 0 saturated heterocycles. The molecule has 0 aliphatic carbocycles. The summed E-state index contributed by atoms with van der Waals surface area (Å²) in [5, 5.41) is 0. The highest BCUT2D eigenvalue weighted by atomic mass is 79.9. The zero-order valence-corrected chi connectivity index (χ0v) is 8.97. The van der Waals surface area contributed by atoms with Crippen LogP contribution < -0.4 is 0 Å². The Morgan fingerprint density at radius 2 is 2.21 bits per heavy atom. The second kappa shape index (κ2) is 4.41. The molecule has 0 amide bonds. The van der Waals surface area contributed by atoms with Crippen molar-refractivity contribution in [2.45, 2.75) is 13.3 Å². The van der Waals surface area contributed by atoms with Crippen LogP contribution >= 0.6 is 15.9 Å². The Hall–Kier alpha value is -1.10. The van der Waals surface area contributed by atoms with Gasteiger partial charge in [-0.05, 0) is 28.9 Å². The molecule has 1 rings (SSSR count). The fourth-order valence-corrected chi connectivity index (χ4v) is 1.23. The van der Waals surface area contributed by atoms with Crippen molar-refractivity contribution in [2.24, 2.45) is 0 Å². The molecule has 1 heterocycles. The highest BCUT2D eigenvalue weighted by Gasteiger charge is 2.15. The largest absolute Gasteiger partial charge is 0.300 e. The first kappa shape index (κ1) is 11.0. The summed E-state index contributed by atoms with van der Waals surface area (Å²) in [5.41, 5.74) is -0.289. The number of carbonyl (C=O) groups excluding carboxylic acids is 2.